The smallest absolute Gasteiger partial charge is 0.253 e. The van der Waals surface area contributed by atoms with Crippen LogP contribution in [0, 0.1) is 0 Å². The fourth-order valence-corrected chi connectivity index (χ4v) is 3.54. The Bertz CT molecular complexity index is 885. The summed E-state index contributed by atoms with van der Waals surface area (Å²) in [7, 11) is 0. The largest absolute Gasteiger partial charge is 0.332 e. The molecule has 23 heavy (non-hydrogen) atoms. The van der Waals surface area contributed by atoms with Gasteiger partial charge in [0.15, 0.2) is 5.13 Å². The second kappa shape index (κ2) is 6.35. The zero-order valence-electron chi connectivity index (χ0n) is 12.0. The van der Waals surface area contributed by atoms with Gasteiger partial charge in [-0.3, -0.25) is 0 Å². The first kappa shape index (κ1) is 14.2. The van der Waals surface area contributed by atoms with Gasteiger partial charge >= 0.3 is 0 Å². The van der Waals surface area contributed by atoms with Crippen molar-refractivity contribution in [1.82, 2.24) is 24.6 Å². The summed E-state index contributed by atoms with van der Waals surface area (Å²) in [4.78, 5) is 13.1. The quantitative estimate of drug-likeness (QED) is 0.560. The predicted octanol–water partition coefficient (Wildman–Crippen LogP) is 3.62. The molecule has 114 valence electrons. The molecule has 8 heteroatoms. The molecule has 0 saturated heterocycles. The van der Waals surface area contributed by atoms with Crippen molar-refractivity contribution in [2.75, 3.05) is 5.32 Å². The van der Waals surface area contributed by atoms with Crippen LogP contribution in [0.25, 0.3) is 5.78 Å². The first-order valence-corrected chi connectivity index (χ1v) is 8.80. The van der Waals surface area contributed by atoms with E-state index in [1.165, 1.54) is 0 Å². The molecule has 1 aromatic carbocycles. The fraction of sp³-hybridized carbons (Fsp3) is 0.0667. The maximum Gasteiger partial charge on any atom is 0.253 e. The Balaban J connectivity index is 1.41. The number of anilines is 2. The number of para-hydroxylation sites is 1. The third kappa shape index (κ3) is 3.33. The van der Waals surface area contributed by atoms with E-state index in [-0.39, 0.29) is 0 Å². The van der Waals surface area contributed by atoms with E-state index in [4.69, 9.17) is 0 Å². The lowest BCUT2D eigenvalue weighted by Gasteiger charge is -2.00. The van der Waals surface area contributed by atoms with E-state index in [0.29, 0.717) is 10.9 Å². The normalized spacial score (nSPS) is 11.0. The summed E-state index contributed by atoms with van der Waals surface area (Å²) in [6, 6.07) is 11.8. The molecular weight excluding hydrogens is 328 g/mol. The van der Waals surface area contributed by atoms with Crippen molar-refractivity contribution < 1.29 is 0 Å². The van der Waals surface area contributed by atoms with Crippen molar-refractivity contribution in [3.8, 4) is 0 Å². The van der Waals surface area contributed by atoms with Crippen LogP contribution in [-0.4, -0.2) is 24.6 Å². The lowest BCUT2D eigenvalue weighted by atomic mass is 10.3. The zero-order chi connectivity index (χ0) is 15.5. The van der Waals surface area contributed by atoms with Gasteiger partial charge in [0.25, 0.3) is 5.78 Å². The van der Waals surface area contributed by atoms with Gasteiger partial charge in [0, 0.05) is 29.2 Å². The van der Waals surface area contributed by atoms with Crippen molar-refractivity contribution in [1.29, 1.82) is 0 Å². The molecule has 1 N–H and O–H groups in total. The van der Waals surface area contributed by atoms with Crippen LogP contribution in [0.15, 0.2) is 59.3 Å². The number of hydrogen-bond acceptors (Lipinski definition) is 7. The molecule has 4 aromatic rings. The Kier molecular flexibility index (Phi) is 3.91. The molecule has 0 aliphatic heterocycles. The van der Waals surface area contributed by atoms with Crippen molar-refractivity contribution >= 4 is 39.7 Å². The number of fused-ring (bicyclic) bond motifs is 1. The summed E-state index contributed by atoms with van der Waals surface area (Å²) in [5.41, 5.74) is 2.04. The van der Waals surface area contributed by atoms with Crippen LogP contribution in [-0.2, 0) is 5.75 Å². The predicted molar refractivity (Wildman–Crippen MR) is 92.2 cm³/mol. The van der Waals surface area contributed by atoms with Gasteiger partial charge in [-0.25, -0.2) is 14.5 Å². The van der Waals surface area contributed by atoms with Crippen molar-refractivity contribution in [3.63, 3.8) is 0 Å². The van der Waals surface area contributed by atoms with Gasteiger partial charge in [-0.05, 0) is 18.2 Å². The van der Waals surface area contributed by atoms with Gasteiger partial charge in [0.1, 0.15) is 0 Å². The maximum atomic E-state index is 4.58. The van der Waals surface area contributed by atoms with Gasteiger partial charge < -0.3 is 5.32 Å². The van der Waals surface area contributed by atoms with Crippen molar-refractivity contribution in [2.45, 2.75) is 10.9 Å². The lowest BCUT2D eigenvalue weighted by molar-refractivity contribution is 0.879. The second-order valence-corrected chi connectivity index (χ2v) is 6.48. The van der Waals surface area contributed by atoms with Gasteiger partial charge in [-0.1, -0.05) is 30.0 Å². The summed E-state index contributed by atoms with van der Waals surface area (Å²) in [6.07, 6.45) is 3.55. The Morgan fingerprint density at radius 3 is 2.91 bits per heavy atom. The van der Waals surface area contributed by atoms with Gasteiger partial charge in [-0.15, -0.1) is 16.4 Å². The molecule has 4 rings (SSSR count). The molecule has 6 nitrogen and oxygen atoms in total. The minimum absolute atomic E-state index is 0.611. The van der Waals surface area contributed by atoms with Gasteiger partial charge in [-0.2, -0.15) is 4.98 Å². The molecule has 0 aliphatic rings. The Morgan fingerprint density at radius 1 is 1.13 bits per heavy atom. The third-order valence-electron chi connectivity index (χ3n) is 3.02. The summed E-state index contributed by atoms with van der Waals surface area (Å²) < 4.78 is 1.67. The Labute approximate surface area is 140 Å². The number of thiazole rings is 1. The topological polar surface area (TPSA) is 68.0 Å². The number of aromatic nitrogens is 5. The van der Waals surface area contributed by atoms with E-state index < -0.39 is 0 Å². The number of benzene rings is 1. The molecule has 0 aliphatic carbocycles. The van der Waals surface area contributed by atoms with Gasteiger partial charge in [0.2, 0.25) is 5.16 Å². The van der Waals surface area contributed by atoms with E-state index >= 15 is 0 Å². The highest BCUT2D eigenvalue weighted by Gasteiger charge is 2.07. The molecule has 3 aromatic heterocycles. The molecule has 0 radical (unpaired) electrons. The van der Waals surface area contributed by atoms with Crippen LogP contribution >= 0.6 is 23.1 Å². The van der Waals surface area contributed by atoms with Crippen LogP contribution in [0.1, 0.15) is 5.69 Å². The highest BCUT2D eigenvalue weighted by molar-refractivity contribution is 7.98. The standard InChI is InChI=1S/C15H12N6S2/c1-2-5-11(6-3-1)17-14-18-12(9-22-14)10-23-15-19-13-16-7-4-8-21(13)20-15/h1-9H,10H2,(H,17,18). The maximum absolute atomic E-state index is 4.58. The lowest BCUT2D eigenvalue weighted by Crippen LogP contribution is -1.89. The minimum Gasteiger partial charge on any atom is -0.332 e. The Hall–Kier alpha value is -2.45. The monoisotopic (exact) mass is 340 g/mol. The molecule has 0 bridgehead atoms. The fourth-order valence-electron chi connectivity index (χ4n) is 1.99. The summed E-state index contributed by atoms with van der Waals surface area (Å²) in [5, 5.41) is 11.3. The Morgan fingerprint density at radius 2 is 2.04 bits per heavy atom. The summed E-state index contributed by atoms with van der Waals surface area (Å²) >= 11 is 3.14. The van der Waals surface area contributed by atoms with E-state index in [9.17, 15) is 0 Å². The highest BCUT2D eigenvalue weighted by Crippen LogP contribution is 2.25. The molecule has 3 heterocycles. The van der Waals surface area contributed by atoms with Crippen LogP contribution in [0.5, 0.6) is 0 Å². The molecule has 0 unspecified atom stereocenters. The second-order valence-electron chi connectivity index (χ2n) is 4.68. The average Bonchev–Trinajstić information content (AvgIpc) is 3.20. The van der Waals surface area contributed by atoms with Crippen LogP contribution in [0.2, 0.25) is 0 Å². The molecule has 0 spiro atoms. The summed E-state index contributed by atoms with van der Waals surface area (Å²) in [6.45, 7) is 0. The molecule has 0 atom stereocenters. The molecule has 0 fully saturated rings. The van der Waals surface area contributed by atoms with Crippen molar-refractivity contribution in [3.05, 3.63) is 59.9 Å². The van der Waals surface area contributed by atoms with E-state index in [1.54, 1.807) is 33.8 Å². The average molecular weight is 340 g/mol. The SMILES string of the molecule is c1ccc(Nc2nc(CSc3nc4ncccn4n3)cs2)cc1. The van der Waals surface area contributed by atoms with E-state index in [1.807, 2.05) is 48.0 Å². The molecule has 0 amide bonds. The van der Waals surface area contributed by atoms with Crippen LogP contribution in [0.4, 0.5) is 10.8 Å². The van der Waals surface area contributed by atoms with Crippen LogP contribution < -0.4 is 5.32 Å². The summed E-state index contributed by atoms with van der Waals surface area (Å²) in [5.74, 6) is 1.34. The van der Waals surface area contributed by atoms with Gasteiger partial charge in [0.05, 0.1) is 5.69 Å². The first-order valence-electron chi connectivity index (χ1n) is 6.93. The molecular formula is C15H12N6S2. The van der Waals surface area contributed by atoms with E-state index in [0.717, 1.165) is 22.3 Å². The third-order valence-corrected chi connectivity index (χ3v) is 4.70. The zero-order valence-corrected chi connectivity index (χ0v) is 13.6. The van der Waals surface area contributed by atoms with E-state index in [2.05, 4.69) is 25.4 Å². The minimum atomic E-state index is 0.611. The van der Waals surface area contributed by atoms with Crippen LogP contribution in [0.3, 0.4) is 0 Å². The first-order chi connectivity index (χ1) is 11.4. The number of nitrogens with one attached hydrogen (secondary N) is 1. The number of hydrogen-bond donors (Lipinski definition) is 1. The van der Waals surface area contributed by atoms with Crippen molar-refractivity contribution in [2.24, 2.45) is 0 Å². The number of thioether (sulfide) groups is 1. The molecule has 0 saturated carbocycles. The number of rotatable bonds is 5. The highest BCUT2D eigenvalue weighted by atomic mass is 32.2. The number of nitrogens with zero attached hydrogens (tertiary/aromatic N) is 5.